The van der Waals surface area contributed by atoms with Crippen molar-refractivity contribution in [3.63, 3.8) is 0 Å². The van der Waals surface area contributed by atoms with E-state index in [-0.39, 0.29) is 23.8 Å². The molecule has 0 aliphatic carbocycles. The Kier molecular flexibility index (Phi) is 8.81. The Bertz CT molecular complexity index is 907. The predicted molar refractivity (Wildman–Crippen MR) is 116 cm³/mol. The van der Waals surface area contributed by atoms with Crippen molar-refractivity contribution in [1.82, 2.24) is 5.32 Å². The number of ether oxygens (including phenoxy) is 1. The summed E-state index contributed by atoms with van der Waals surface area (Å²) >= 11 is 0. The average molecular weight is 408 g/mol. The largest absolute Gasteiger partial charge is 0.463 e. The van der Waals surface area contributed by atoms with Gasteiger partial charge in [-0.15, -0.1) is 0 Å². The van der Waals surface area contributed by atoms with E-state index in [0.717, 1.165) is 17.5 Å². The Morgan fingerprint density at radius 3 is 2.40 bits per heavy atom. The maximum atomic E-state index is 13.1. The third-order valence-corrected chi connectivity index (χ3v) is 4.68. The molecule has 30 heavy (non-hydrogen) atoms. The molecule has 0 unspecified atom stereocenters. The maximum Gasteiger partial charge on any atom is 0.330 e. The number of esters is 1. The summed E-state index contributed by atoms with van der Waals surface area (Å²) in [5.41, 5.74) is 7.88. The molecule has 0 aromatic heterocycles. The molecule has 6 heteroatoms. The highest BCUT2D eigenvalue weighted by atomic mass is 16.5. The highest BCUT2D eigenvalue weighted by Crippen LogP contribution is 2.18. The van der Waals surface area contributed by atoms with Gasteiger partial charge in [-0.3, -0.25) is 9.59 Å². The number of aryl methyl sites for hydroxylation is 2. The number of hydrogen-bond donors (Lipinski definition) is 2. The molecule has 1 atom stereocenters. The van der Waals surface area contributed by atoms with Crippen LogP contribution in [0.5, 0.6) is 0 Å². The number of primary amides is 1. The van der Waals surface area contributed by atoms with E-state index >= 15 is 0 Å². The molecule has 2 aromatic carbocycles. The quantitative estimate of drug-likeness (QED) is 0.466. The van der Waals surface area contributed by atoms with Crippen LogP contribution in [0.25, 0.3) is 0 Å². The molecular formula is C24H28N2O4. The Morgan fingerprint density at radius 2 is 1.77 bits per heavy atom. The predicted octanol–water partition coefficient (Wildman–Crippen LogP) is 3.20. The lowest BCUT2D eigenvalue weighted by atomic mass is 9.94. The molecule has 3 N–H and O–H groups in total. The summed E-state index contributed by atoms with van der Waals surface area (Å²) in [4.78, 5) is 36.6. The lowest BCUT2D eigenvalue weighted by Crippen LogP contribution is -2.35. The zero-order valence-electron chi connectivity index (χ0n) is 17.4. The summed E-state index contributed by atoms with van der Waals surface area (Å²) in [7, 11) is 0. The van der Waals surface area contributed by atoms with Crippen molar-refractivity contribution in [2.75, 3.05) is 6.61 Å². The van der Waals surface area contributed by atoms with Crippen molar-refractivity contribution in [3.8, 4) is 0 Å². The van der Waals surface area contributed by atoms with E-state index < -0.39 is 17.8 Å². The summed E-state index contributed by atoms with van der Waals surface area (Å²) in [6, 6.07) is 14.6. The number of carbonyl (C=O) groups is 3. The van der Waals surface area contributed by atoms with Crippen LogP contribution in [0, 0.1) is 0 Å². The second-order valence-corrected chi connectivity index (χ2v) is 6.79. The second kappa shape index (κ2) is 11.6. The topological polar surface area (TPSA) is 98.5 Å². The molecular weight excluding hydrogens is 380 g/mol. The van der Waals surface area contributed by atoms with Crippen LogP contribution in [0.1, 0.15) is 52.1 Å². The second-order valence-electron chi connectivity index (χ2n) is 6.79. The van der Waals surface area contributed by atoms with Gasteiger partial charge >= 0.3 is 5.97 Å². The maximum absolute atomic E-state index is 13.1. The van der Waals surface area contributed by atoms with E-state index in [1.54, 1.807) is 25.1 Å². The number of nitrogens with two attached hydrogens (primary N) is 1. The Morgan fingerprint density at radius 1 is 1.03 bits per heavy atom. The fourth-order valence-electron chi connectivity index (χ4n) is 3.12. The molecule has 0 bridgehead atoms. The van der Waals surface area contributed by atoms with E-state index in [1.807, 2.05) is 43.3 Å². The van der Waals surface area contributed by atoms with E-state index in [1.165, 1.54) is 6.08 Å². The fraction of sp³-hybridized carbons (Fsp3) is 0.292. The molecule has 6 nitrogen and oxygen atoms in total. The van der Waals surface area contributed by atoms with Gasteiger partial charge in [0.15, 0.2) is 0 Å². The molecule has 158 valence electrons. The van der Waals surface area contributed by atoms with Crippen LogP contribution in [0.15, 0.2) is 60.7 Å². The SMILES string of the molecule is CCOC(=O)C=C[C@H](CC)NC(=O)c1c(CCc2ccccc2)cccc1C(N)=O. The first kappa shape index (κ1) is 22.9. The summed E-state index contributed by atoms with van der Waals surface area (Å²) in [6.45, 7) is 3.89. The monoisotopic (exact) mass is 408 g/mol. The lowest BCUT2D eigenvalue weighted by molar-refractivity contribution is -0.137. The Hall–Kier alpha value is -3.41. The van der Waals surface area contributed by atoms with Crippen LogP contribution < -0.4 is 11.1 Å². The average Bonchev–Trinajstić information content (AvgIpc) is 2.75. The highest BCUT2D eigenvalue weighted by molar-refractivity contribution is 6.07. The van der Waals surface area contributed by atoms with Crippen molar-refractivity contribution in [3.05, 3.63) is 82.9 Å². The van der Waals surface area contributed by atoms with Gasteiger partial charge in [0.05, 0.1) is 17.7 Å². The van der Waals surface area contributed by atoms with Crippen molar-refractivity contribution in [1.29, 1.82) is 0 Å². The van der Waals surface area contributed by atoms with E-state index in [9.17, 15) is 14.4 Å². The summed E-state index contributed by atoms with van der Waals surface area (Å²) < 4.78 is 4.87. The molecule has 0 saturated carbocycles. The minimum atomic E-state index is -0.656. The minimum absolute atomic E-state index is 0.183. The highest BCUT2D eigenvalue weighted by Gasteiger charge is 2.21. The first-order valence-corrected chi connectivity index (χ1v) is 10.1. The van der Waals surface area contributed by atoms with Crippen molar-refractivity contribution >= 4 is 17.8 Å². The molecule has 0 spiro atoms. The molecule has 0 saturated heterocycles. The van der Waals surface area contributed by atoms with Crippen LogP contribution in [-0.4, -0.2) is 30.4 Å². The van der Waals surface area contributed by atoms with E-state index in [0.29, 0.717) is 12.8 Å². The smallest absolute Gasteiger partial charge is 0.330 e. The normalized spacial score (nSPS) is 11.8. The molecule has 0 aliphatic rings. The zero-order chi connectivity index (χ0) is 21.9. The van der Waals surface area contributed by atoms with Gasteiger partial charge in [0, 0.05) is 12.1 Å². The van der Waals surface area contributed by atoms with Crippen molar-refractivity contribution in [2.45, 2.75) is 39.2 Å². The number of amides is 2. The number of rotatable bonds is 10. The van der Waals surface area contributed by atoms with Gasteiger partial charge in [-0.05, 0) is 43.4 Å². The third kappa shape index (κ3) is 6.58. The van der Waals surface area contributed by atoms with Gasteiger partial charge < -0.3 is 15.8 Å². The summed E-state index contributed by atoms with van der Waals surface area (Å²) in [5, 5.41) is 2.87. The Labute approximate surface area is 177 Å². The van der Waals surface area contributed by atoms with Crippen molar-refractivity contribution < 1.29 is 19.1 Å². The number of carbonyl (C=O) groups excluding carboxylic acids is 3. The zero-order valence-corrected chi connectivity index (χ0v) is 17.4. The molecule has 0 radical (unpaired) electrons. The molecule has 0 aliphatic heterocycles. The van der Waals surface area contributed by atoms with Gasteiger partial charge in [-0.25, -0.2) is 4.79 Å². The van der Waals surface area contributed by atoms with E-state index in [4.69, 9.17) is 10.5 Å². The van der Waals surface area contributed by atoms with Crippen LogP contribution in [0.4, 0.5) is 0 Å². The fourth-order valence-corrected chi connectivity index (χ4v) is 3.12. The van der Waals surface area contributed by atoms with Gasteiger partial charge in [0.1, 0.15) is 0 Å². The number of benzene rings is 2. The third-order valence-electron chi connectivity index (χ3n) is 4.68. The van der Waals surface area contributed by atoms with Crippen LogP contribution >= 0.6 is 0 Å². The standard InChI is InChI=1S/C24H28N2O4/c1-3-19(15-16-21(27)30-4-2)26-24(29)22-18(11-8-12-20(22)23(25)28)14-13-17-9-6-5-7-10-17/h5-12,15-16,19H,3-4,13-14H2,1-2H3,(H2,25,28)(H,26,29)/t19-/m0/s1. The molecule has 2 amide bonds. The van der Waals surface area contributed by atoms with Gasteiger partial charge in [-0.2, -0.15) is 0 Å². The van der Waals surface area contributed by atoms with Gasteiger partial charge in [0.2, 0.25) is 5.91 Å². The lowest BCUT2D eigenvalue weighted by Gasteiger charge is -2.17. The molecule has 2 aromatic rings. The summed E-state index contributed by atoms with van der Waals surface area (Å²) in [5.74, 6) is -1.52. The first-order valence-electron chi connectivity index (χ1n) is 10.1. The molecule has 0 fully saturated rings. The number of hydrogen-bond acceptors (Lipinski definition) is 4. The summed E-state index contributed by atoms with van der Waals surface area (Å²) in [6.07, 6.45) is 4.77. The Balaban J connectivity index is 2.24. The minimum Gasteiger partial charge on any atom is -0.463 e. The van der Waals surface area contributed by atoms with Gasteiger partial charge in [-0.1, -0.05) is 55.5 Å². The van der Waals surface area contributed by atoms with Crippen LogP contribution in [0.2, 0.25) is 0 Å². The molecule has 2 rings (SSSR count). The van der Waals surface area contributed by atoms with Crippen LogP contribution in [0.3, 0.4) is 0 Å². The van der Waals surface area contributed by atoms with Crippen molar-refractivity contribution in [2.24, 2.45) is 5.73 Å². The van der Waals surface area contributed by atoms with E-state index in [2.05, 4.69) is 5.32 Å². The molecule has 0 heterocycles. The number of nitrogens with one attached hydrogen (secondary N) is 1. The van der Waals surface area contributed by atoms with Gasteiger partial charge in [0.25, 0.3) is 5.91 Å². The van der Waals surface area contributed by atoms with Crippen LogP contribution in [-0.2, 0) is 22.4 Å². The first-order chi connectivity index (χ1) is 14.5.